The fourth-order valence-corrected chi connectivity index (χ4v) is 3.54. The number of nitrogens with one attached hydrogen (secondary N) is 1. The van der Waals surface area contributed by atoms with Crippen molar-refractivity contribution >= 4 is 29.1 Å². The lowest BCUT2D eigenvalue weighted by atomic mass is 9.99. The lowest BCUT2D eigenvalue weighted by molar-refractivity contribution is -0.0240. The second-order valence-corrected chi connectivity index (χ2v) is 7.00. The average molecular weight is 368 g/mol. The molecule has 1 N–H and O–H groups in total. The summed E-state index contributed by atoms with van der Waals surface area (Å²) >= 11 is 0. The van der Waals surface area contributed by atoms with Crippen LogP contribution >= 0.6 is 12.4 Å². The number of imidazole rings is 1. The normalized spacial score (nSPS) is 16.0. The molecule has 0 atom stereocenters. The Balaban J connectivity index is 0.00000225. The van der Waals surface area contributed by atoms with E-state index in [1.54, 1.807) is 0 Å². The van der Waals surface area contributed by atoms with Crippen molar-refractivity contribution in [2.24, 2.45) is 5.92 Å². The zero-order chi connectivity index (χ0) is 17.2. The fraction of sp³-hybridized carbons (Fsp3) is 0.632. The number of halogens is 1. The first-order valence-corrected chi connectivity index (χ1v) is 8.95. The van der Waals surface area contributed by atoms with E-state index in [-0.39, 0.29) is 12.4 Å². The van der Waals surface area contributed by atoms with Gasteiger partial charge in [0.25, 0.3) is 0 Å². The summed E-state index contributed by atoms with van der Waals surface area (Å²) in [5.74, 6) is 1.65. The van der Waals surface area contributed by atoms with E-state index in [1.165, 1.54) is 5.52 Å². The number of hydrogen-bond acceptors (Lipinski definition) is 4. The van der Waals surface area contributed by atoms with Gasteiger partial charge in [0.05, 0.1) is 11.0 Å². The molecule has 2 aromatic rings. The van der Waals surface area contributed by atoms with Crippen LogP contribution in [-0.4, -0.2) is 36.4 Å². The number of rotatable bonds is 6. The van der Waals surface area contributed by atoms with E-state index in [1.807, 2.05) is 14.0 Å². The van der Waals surface area contributed by atoms with Crippen LogP contribution in [0.1, 0.15) is 39.4 Å². The van der Waals surface area contributed by atoms with Crippen molar-refractivity contribution in [2.45, 2.75) is 45.8 Å². The van der Waals surface area contributed by atoms with Gasteiger partial charge in [-0.2, -0.15) is 0 Å². The highest BCUT2D eigenvalue weighted by molar-refractivity contribution is 5.85. The molecule has 0 aliphatic carbocycles. The van der Waals surface area contributed by atoms with Crippen molar-refractivity contribution in [3.8, 4) is 0 Å². The number of ether oxygens (including phenoxy) is 2. The standard InChI is InChI=1S/C19H29N3O2.ClH/c1-5-24-19(2,3)18-21-16-12-15(20-4)6-7-17(16)22(18)13-14-8-10-23-11-9-14;/h6-7,12,14,20H,5,8-11,13H2,1-4H3;1H. The van der Waals surface area contributed by atoms with Crippen LogP contribution in [0.2, 0.25) is 0 Å². The number of aromatic nitrogens is 2. The van der Waals surface area contributed by atoms with Crippen LogP contribution in [0.4, 0.5) is 5.69 Å². The number of hydrogen-bond donors (Lipinski definition) is 1. The van der Waals surface area contributed by atoms with Crippen LogP contribution in [0.3, 0.4) is 0 Å². The van der Waals surface area contributed by atoms with Crippen molar-refractivity contribution in [1.82, 2.24) is 9.55 Å². The topological polar surface area (TPSA) is 48.3 Å². The van der Waals surface area contributed by atoms with Gasteiger partial charge in [-0.3, -0.25) is 0 Å². The largest absolute Gasteiger partial charge is 0.388 e. The molecule has 0 saturated carbocycles. The average Bonchev–Trinajstić information content (AvgIpc) is 2.94. The van der Waals surface area contributed by atoms with Crippen LogP contribution in [0.25, 0.3) is 11.0 Å². The second kappa shape index (κ2) is 8.39. The van der Waals surface area contributed by atoms with Crippen molar-refractivity contribution in [3.63, 3.8) is 0 Å². The van der Waals surface area contributed by atoms with E-state index in [2.05, 4.69) is 41.9 Å². The molecule has 1 saturated heterocycles. The number of nitrogens with zero attached hydrogens (tertiary/aromatic N) is 2. The molecule has 3 rings (SSSR count). The van der Waals surface area contributed by atoms with Crippen molar-refractivity contribution in [1.29, 1.82) is 0 Å². The van der Waals surface area contributed by atoms with Gasteiger partial charge < -0.3 is 19.4 Å². The molecule has 1 aromatic carbocycles. The van der Waals surface area contributed by atoms with Gasteiger partial charge >= 0.3 is 0 Å². The van der Waals surface area contributed by atoms with E-state index < -0.39 is 5.60 Å². The summed E-state index contributed by atoms with van der Waals surface area (Å²) in [5.41, 5.74) is 2.89. The summed E-state index contributed by atoms with van der Waals surface area (Å²) in [4.78, 5) is 4.94. The second-order valence-electron chi connectivity index (χ2n) is 7.00. The molecule has 140 valence electrons. The van der Waals surface area contributed by atoms with Crippen LogP contribution in [0.5, 0.6) is 0 Å². The first kappa shape index (κ1) is 20.0. The molecule has 0 unspecified atom stereocenters. The lowest BCUT2D eigenvalue weighted by Gasteiger charge is -2.28. The molecule has 25 heavy (non-hydrogen) atoms. The Morgan fingerprint density at radius 2 is 2.04 bits per heavy atom. The SMILES string of the molecule is CCOC(C)(C)c1nc2cc(NC)ccc2n1CC1CCOCC1.Cl. The van der Waals surface area contributed by atoms with E-state index in [9.17, 15) is 0 Å². The van der Waals surface area contributed by atoms with E-state index in [4.69, 9.17) is 14.5 Å². The third kappa shape index (κ3) is 4.27. The summed E-state index contributed by atoms with van der Waals surface area (Å²) in [6.45, 7) is 9.64. The molecule has 1 fully saturated rings. The Labute approximate surface area is 156 Å². The Hall–Kier alpha value is -1.30. The summed E-state index contributed by atoms with van der Waals surface area (Å²) in [6, 6.07) is 6.39. The first-order valence-electron chi connectivity index (χ1n) is 8.95. The van der Waals surface area contributed by atoms with E-state index >= 15 is 0 Å². The predicted octanol–water partition coefficient (Wildman–Crippen LogP) is 4.20. The van der Waals surface area contributed by atoms with Crippen LogP contribution < -0.4 is 5.32 Å². The van der Waals surface area contributed by atoms with E-state index in [0.717, 1.165) is 49.6 Å². The highest BCUT2D eigenvalue weighted by atomic mass is 35.5. The maximum absolute atomic E-state index is 6.01. The Bertz CT molecular complexity index is 693. The first-order chi connectivity index (χ1) is 11.5. The molecule has 2 heterocycles. The zero-order valence-electron chi connectivity index (χ0n) is 15.7. The molecular weight excluding hydrogens is 338 g/mol. The van der Waals surface area contributed by atoms with Crippen LogP contribution in [0, 0.1) is 5.92 Å². The molecule has 6 heteroatoms. The number of fused-ring (bicyclic) bond motifs is 1. The Morgan fingerprint density at radius 1 is 1.32 bits per heavy atom. The summed E-state index contributed by atoms with van der Waals surface area (Å²) in [6.07, 6.45) is 2.23. The molecule has 1 aliphatic rings. The van der Waals surface area contributed by atoms with Gasteiger partial charge in [-0.15, -0.1) is 12.4 Å². The third-order valence-electron chi connectivity index (χ3n) is 4.86. The minimum atomic E-state index is -0.404. The van der Waals surface area contributed by atoms with Gasteiger partial charge in [0, 0.05) is 39.1 Å². The van der Waals surface area contributed by atoms with Crippen LogP contribution in [0.15, 0.2) is 18.2 Å². The molecule has 0 radical (unpaired) electrons. The van der Waals surface area contributed by atoms with E-state index in [0.29, 0.717) is 12.5 Å². The summed E-state index contributed by atoms with van der Waals surface area (Å²) in [7, 11) is 1.94. The maximum atomic E-state index is 6.01. The monoisotopic (exact) mass is 367 g/mol. The van der Waals surface area contributed by atoms with Crippen molar-refractivity contribution < 1.29 is 9.47 Å². The van der Waals surface area contributed by atoms with Gasteiger partial charge in [0.15, 0.2) is 0 Å². The zero-order valence-corrected chi connectivity index (χ0v) is 16.5. The molecule has 0 spiro atoms. The predicted molar refractivity (Wildman–Crippen MR) is 105 cm³/mol. The highest BCUT2D eigenvalue weighted by Crippen LogP contribution is 2.31. The quantitative estimate of drug-likeness (QED) is 0.831. The fourth-order valence-electron chi connectivity index (χ4n) is 3.54. The van der Waals surface area contributed by atoms with Gasteiger partial charge in [-0.1, -0.05) is 0 Å². The van der Waals surface area contributed by atoms with Gasteiger partial charge in [0.1, 0.15) is 11.4 Å². The van der Waals surface area contributed by atoms with Crippen molar-refractivity contribution in [2.75, 3.05) is 32.2 Å². The Morgan fingerprint density at radius 3 is 2.68 bits per heavy atom. The molecule has 5 nitrogen and oxygen atoms in total. The minimum Gasteiger partial charge on any atom is -0.388 e. The molecule has 1 aromatic heterocycles. The lowest BCUT2D eigenvalue weighted by Crippen LogP contribution is -2.29. The summed E-state index contributed by atoms with van der Waals surface area (Å²) in [5, 5.41) is 3.20. The van der Waals surface area contributed by atoms with Gasteiger partial charge in [-0.25, -0.2) is 4.98 Å². The van der Waals surface area contributed by atoms with Gasteiger partial charge in [0.2, 0.25) is 0 Å². The smallest absolute Gasteiger partial charge is 0.141 e. The van der Waals surface area contributed by atoms with Gasteiger partial charge in [-0.05, 0) is 57.7 Å². The minimum absolute atomic E-state index is 0. The maximum Gasteiger partial charge on any atom is 0.141 e. The third-order valence-corrected chi connectivity index (χ3v) is 4.86. The highest BCUT2D eigenvalue weighted by Gasteiger charge is 2.29. The Kier molecular flexibility index (Phi) is 6.72. The molecular formula is C19H30ClN3O2. The van der Waals surface area contributed by atoms with Crippen LogP contribution in [-0.2, 0) is 21.6 Å². The molecule has 0 amide bonds. The number of benzene rings is 1. The summed E-state index contributed by atoms with van der Waals surface area (Å²) < 4.78 is 13.9. The van der Waals surface area contributed by atoms with Crippen molar-refractivity contribution in [3.05, 3.63) is 24.0 Å². The number of anilines is 1. The molecule has 1 aliphatic heterocycles. The molecule has 0 bridgehead atoms.